The van der Waals surface area contributed by atoms with Crippen molar-refractivity contribution >= 4 is 16.5 Å². The van der Waals surface area contributed by atoms with Crippen molar-refractivity contribution in [2.45, 2.75) is 39.2 Å². The van der Waals surface area contributed by atoms with Crippen LogP contribution in [-0.2, 0) is 0 Å². The van der Waals surface area contributed by atoms with E-state index in [1.54, 1.807) is 0 Å². The first-order chi connectivity index (χ1) is 5.50. The number of nitrogens with zero attached hydrogens (tertiary/aromatic N) is 2. The maximum atomic E-state index is 2.57. The topological polar surface area (TPSA) is 6.48 Å². The number of hydrogen-bond donors (Lipinski definition) is 0. The summed E-state index contributed by atoms with van der Waals surface area (Å²) in [5, 5.41) is 0. The molecule has 0 radical (unpaired) electrons. The molecule has 0 aromatic rings. The predicted octanol–water partition coefficient (Wildman–Crippen LogP) is 0.688. The number of likely N-dealkylation sites (tertiary alicyclic amines) is 1. The Morgan fingerprint density at radius 1 is 1.25 bits per heavy atom. The van der Waals surface area contributed by atoms with Crippen molar-refractivity contribution in [3.05, 3.63) is 0 Å². The molecule has 1 aliphatic rings. The van der Waals surface area contributed by atoms with Crippen LogP contribution in [0.15, 0.2) is 0 Å². The summed E-state index contributed by atoms with van der Waals surface area (Å²) in [6.45, 7) is 10.7. The third kappa shape index (κ3) is 3.07. The minimum atomic E-state index is 0.370. The van der Waals surface area contributed by atoms with Gasteiger partial charge in [-0.25, -0.2) is 0 Å². The molecular formula is C9H21AlN2. The van der Waals surface area contributed by atoms with E-state index >= 15 is 0 Å². The zero-order valence-electron chi connectivity index (χ0n) is 8.93. The third-order valence-corrected chi connectivity index (χ3v) is 4.38. The molecule has 0 amide bonds. The molecule has 1 fully saturated rings. The number of hydrogen-bond acceptors (Lipinski definition) is 2. The van der Waals surface area contributed by atoms with E-state index in [2.05, 4.69) is 29.6 Å². The van der Waals surface area contributed by atoms with Crippen LogP contribution in [0.1, 0.15) is 33.6 Å². The molecule has 0 spiro atoms. The SMILES string of the molecule is CC(C)(C)[N]([AlH2])CN1CCCC1. The molecule has 1 rings (SSSR count). The van der Waals surface area contributed by atoms with Crippen molar-refractivity contribution in [1.29, 1.82) is 0 Å². The quantitative estimate of drug-likeness (QED) is 0.583. The first-order valence-electron chi connectivity index (χ1n) is 4.94. The summed E-state index contributed by atoms with van der Waals surface area (Å²) < 4.78 is 2.55. The molecule has 0 unspecified atom stereocenters. The van der Waals surface area contributed by atoms with Gasteiger partial charge in [0, 0.05) is 6.67 Å². The van der Waals surface area contributed by atoms with Gasteiger partial charge in [-0.2, -0.15) is 0 Å². The molecule has 1 aliphatic heterocycles. The van der Waals surface area contributed by atoms with Crippen molar-refractivity contribution in [1.82, 2.24) is 8.78 Å². The second-order valence-corrected chi connectivity index (χ2v) is 5.92. The summed E-state index contributed by atoms with van der Waals surface area (Å²) in [7, 11) is 0. The Morgan fingerprint density at radius 2 is 1.75 bits per heavy atom. The van der Waals surface area contributed by atoms with Gasteiger partial charge in [0.05, 0.1) is 0 Å². The molecule has 0 aromatic carbocycles. The van der Waals surface area contributed by atoms with Crippen LogP contribution >= 0.6 is 0 Å². The van der Waals surface area contributed by atoms with E-state index in [9.17, 15) is 0 Å². The summed E-state index contributed by atoms with van der Waals surface area (Å²) in [6.07, 6.45) is 2.80. The summed E-state index contributed by atoms with van der Waals surface area (Å²) in [5.74, 6) is 0. The van der Waals surface area contributed by atoms with E-state index in [0.717, 1.165) is 0 Å². The lowest BCUT2D eigenvalue weighted by molar-refractivity contribution is 0.158. The Hall–Kier alpha value is 0.452. The molecular weight excluding hydrogens is 163 g/mol. The second-order valence-electron chi connectivity index (χ2n) is 4.84. The van der Waals surface area contributed by atoms with Gasteiger partial charge in [0.25, 0.3) is 0 Å². The van der Waals surface area contributed by atoms with E-state index in [-0.39, 0.29) is 0 Å². The maximum Gasteiger partial charge on any atom is 0.323 e. The average molecular weight is 184 g/mol. The van der Waals surface area contributed by atoms with E-state index < -0.39 is 0 Å². The monoisotopic (exact) mass is 184 g/mol. The highest BCUT2D eigenvalue weighted by molar-refractivity contribution is 6.04. The van der Waals surface area contributed by atoms with Crippen LogP contribution < -0.4 is 0 Å². The second kappa shape index (κ2) is 4.11. The van der Waals surface area contributed by atoms with Crippen LogP contribution in [0.25, 0.3) is 0 Å². The number of rotatable bonds is 2. The van der Waals surface area contributed by atoms with Gasteiger partial charge in [-0.05, 0) is 52.2 Å². The van der Waals surface area contributed by atoms with E-state index in [4.69, 9.17) is 0 Å². The molecule has 3 heteroatoms. The molecule has 0 N–H and O–H groups in total. The summed E-state index contributed by atoms with van der Waals surface area (Å²) in [6, 6.07) is 0. The van der Waals surface area contributed by atoms with Crippen molar-refractivity contribution < 1.29 is 0 Å². The molecule has 12 heavy (non-hydrogen) atoms. The van der Waals surface area contributed by atoms with E-state index in [1.165, 1.54) is 49.1 Å². The highest BCUT2D eigenvalue weighted by atomic mass is 27.1. The fourth-order valence-electron chi connectivity index (χ4n) is 1.44. The summed E-state index contributed by atoms with van der Waals surface area (Å²) >= 11 is 1.17. The van der Waals surface area contributed by atoms with Crippen molar-refractivity contribution in [2.75, 3.05) is 19.8 Å². The zero-order valence-corrected chi connectivity index (χ0v) is 10.9. The summed E-state index contributed by atoms with van der Waals surface area (Å²) in [5.41, 5.74) is 0.370. The maximum absolute atomic E-state index is 2.57. The molecule has 2 nitrogen and oxygen atoms in total. The first-order valence-corrected chi connectivity index (χ1v) is 5.83. The standard InChI is InChI=1S/C9H19N2.Al.2H/c1-9(2,3)10-8-11-6-4-5-7-11;;;/h4-8H2,1-3H3;;;/q-1;+1;;. The molecule has 0 aromatic heterocycles. The van der Waals surface area contributed by atoms with Crippen LogP contribution in [0, 0.1) is 0 Å². The lowest BCUT2D eigenvalue weighted by Crippen LogP contribution is -2.45. The van der Waals surface area contributed by atoms with Gasteiger partial charge in [-0.15, -0.1) is 0 Å². The Bertz CT molecular complexity index is 136. The van der Waals surface area contributed by atoms with Gasteiger partial charge in [-0.3, -0.25) is 4.90 Å². The van der Waals surface area contributed by atoms with Crippen LogP contribution in [-0.4, -0.2) is 50.6 Å². The fourth-order valence-corrected chi connectivity index (χ4v) is 1.84. The van der Waals surface area contributed by atoms with Crippen LogP contribution in [0.4, 0.5) is 0 Å². The van der Waals surface area contributed by atoms with Crippen molar-refractivity contribution in [2.24, 2.45) is 0 Å². The Kier molecular flexibility index (Phi) is 3.61. The zero-order chi connectivity index (χ0) is 9.19. The third-order valence-electron chi connectivity index (χ3n) is 2.76. The van der Waals surface area contributed by atoms with Crippen LogP contribution in [0.5, 0.6) is 0 Å². The van der Waals surface area contributed by atoms with E-state index in [0.29, 0.717) is 5.54 Å². The van der Waals surface area contributed by atoms with Gasteiger partial charge in [0.2, 0.25) is 0 Å². The largest absolute Gasteiger partial charge is 0.374 e. The molecule has 70 valence electrons. The van der Waals surface area contributed by atoms with Crippen molar-refractivity contribution in [3.63, 3.8) is 0 Å². The summed E-state index contributed by atoms with van der Waals surface area (Å²) in [4.78, 5) is 2.57. The lowest BCUT2D eigenvalue weighted by atomic mass is 10.1. The molecule has 1 saturated heterocycles. The molecule has 0 bridgehead atoms. The van der Waals surface area contributed by atoms with E-state index in [1.807, 2.05) is 0 Å². The molecule has 0 aliphatic carbocycles. The fraction of sp³-hybridized carbons (Fsp3) is 1.00. The lowest BCUT2D eigenvalue weighted by Gasteiger charge is -2.36. The van der Waals surface area contributed by atoms with Gasteiger partial charge in [0.1, 0.15) is 0 Å². The average Bonchev–Trinajstić information content (AvgIpc) is 2.37. The highest BCUT2D eigenvalue weighted by Gasteiger charge is 2.19. The smallest absolute Gasteiger partial charge is 0.323 e. The molecule has 0 atom stereocenters. The Morgan fingerprint density at radius 3 is 2.17 bits per heavy atom. The Labute approximate surface area is 84.6 Å². The van der Waals surface area contributed by atoms with Gasteiger partial charge in [0.15, 0.2) is 0 Å². The van der Waals surface area contributed by atoms with Gasteiger partial charge >= 0.3 is 16.5 Å². The van der Waals surface area contributed by atoms with Crippen LogP contribution in [0.3, 0.4) is 0 Å². The van der Waals surface area contributed by atoms with Gasteiger partial charge < -0.3 is 3.88 Å². The van der Waals surface area contributed by atoms with Crippen molar-refractivity contribution in [3.8, 4) is 0 Å². The molecule has 1 heterocycles. The predicted molar refractivity (Wildman–Crippen MR) is 55.8 cm³/mol. The normalized spacial score (nSPS) is 20.7. The minimum absolute atomic E-state index is 0.370. The first kappa shape index (κ1) is 10.5. The van der Waals surface area contributed by atoms with Gasteiger partial charge in [-0.1, -0.05) is 0 Å². The Balaban J connectivity index is 2.30. The highest BCUT2D eigenvalue weighted by Crippen LogP contribution is 2.13. The van der Waals surface area contributed by atoms with Crippen LogP contribution in [0.2, 0.25) is 0 Å². The minimum Gasteiger partial charge on any atom is -0.374 e. The molecule has 0 saturated carbocycles.